The summed E-state index contributed by atoms with van der Waals surface area (Å²) < 4.78 is 23.7. The van der Waals surface area contributed by atoms with E-state index in [1.807, 2.05) is 0 Å². The molecule has 0 radical (unpaired) electrons. The van der Waals surface area contributed by atoms with Gasteiger partial charge in [0.2, 0.25) is 0 Å². The van der Waals surface area contributed by atoms with Crippen molar-refractivity contribution in [2.75, 3.05) is 26.4 Å². The minimum atomic E-state index is 0.0613. The lowest BCUT2D eigenvalue weighted by Gasteiger charge is -2.65. The number of hydrogen-bond donors (Lipinski definition) is 0. The molecular formula is C18H28O4. The number of epoxide rings is 2. The van der Waals surface area contributed by atoms with Crippen LogP contribution in [0.15, 0.2) is 0 Å². The molecule has 4 saturated carbocycles. The van der Waals surface area contributed by atoms with Crippen molar-refractivity contribution in [1.29, 1.82) is 0 Å². The fourth-order valence-corrected chi connectivity index (χ4v) is 6.04. The second kappa shape index (κ2) is 4.69. The SMILES string of the molecule is CCC12CC3CC(OCC4CO4)(C1)CC(OCC1CO1)(C3)C2. The minimum Gasteiger partial charge on any atom is -0.372 e. The molecule has 2 saturated heterocycles. The highest BCUT2D eigenvalue weighted by atomic mass is 16.6. The van der Waals surface area contributed by atoms with Gasteiger partial charge in [0.15, 0.2) is 0 Å². The molecule has 2 heterocycles. The summed E-state index contributed by atoms with van der Waals surface area (Å²) in [6.07, 6.45) is 9.44. The van der Waals surface area contributed by atoms with Crippen LogP contribution in [-0.2, 0) is 18.9 Å². The second-order valence-corrected chi connectivity index (χ2v) is 8.76. The third kappa shape index (κ3) is 2.43. The first kappa shape index (κ1) is 14.2. The van der Waals surface area contributed by atoms with Gasteiger partial charge in [0.25, 0.3) is 0 Å². The molecule has 4 atom stereocenters. The zero-order valence-corrected chi connectivity index (χ0v) is 13.6. The number of ether oxygens (including phenoxy) is 4. The van der Waals surface area contributed by atoms with Crippen molar-refractivity contribution >= 4 is 0 Å². The van der Waals surface area contributed by atoms with Crippen LogP contribution in [0.3, 0.4) is 0 Å². The Balaban J connectivity index is 1.38. The summed E-state index contributed by atoms with van der Waals surface area (Å²) in [7, 11) is 0. The molecule has 4 unspecified atom stereocenters. The molecule has 2 aliphatic heterocycles. The first-order valence-electron chi connectivity index (χ1n) is 9.13. The van der Waals surface area contributed by atoms with Gasteiger partial charge in [-0.2, -0.15) is 0 Å². The van der Waals surface area contributed by atoms with E-state index in [9.17, 15) is 0 Å². The van der Waals surface area contributed by atoms with Crippen LogP contribution in [0.25, 0.3) is 0 Å². The van der Waals surface area contributed by atoms with Gasteiger partial charge in [0.05, 0.1) is 37.6 Å². The minimum absolute atomic E-state index is 0.0613. The Bertz CT molecular complexity index is 424. The Morgan fingerprint density at radius 1 is 0.864 bits per heavy atom. The average Bonchev–Trinajstić information content (AvgIpc) is 3.37. The maximum absolute atomic E-state index is 6.50. The third-order valence-corrected chi connectivity index (χ3v) is 6.79. The van der Waals surface area contributed by atoms with E-state index in [0.29, 0.717) is 17.6 Å². The fraction of sp³-hybridized carbons (Fsp3) is 1.00. The van der Waals surface area contributed by atoms with Gasteiger partial charge >= 0.3 is 0 Å². The van der Waals surface area contributed by atoms with Crippen LogP contribution in [0, 0.1) is 11.3 Å². The third-order valence-electron chi connectivity index (χ3n) is 6.79. The Hall–Kier alpha value is -0.160. The summed E-state index contributed by atoms with van der Waals surface area (Å²) in [6, 6.07) is 0. The van der Waals surface area contributed by atoms with Gasteiger partial charge in [0, 0.05) is 6.42 Å². The number of hydrogen-bond acceptors (Lipinski definition) is 4. The van der Waals surface area contributed by atoms with Crippen LogP contribution >= 0.6 is 0 Å². The molecule has 4 nitrogen and oxygen atoms in total. The number of rotatable bonds is 7. The normalized spacial score (nSPS) is 54.7. The van der Waals surface area contributed by atoms with Crippen molar-refractivity contribution in [3.63, 3.8) is 0 Å². The lowest BCUT2D eigenvalue weighted by molar-refractivity contribution is -0.263. The molecule has 124 valence electrons. The molecule has 0 amide bonds. The molecule has 6 aliphatic rings. The van der Waals surface area contributed by atoms with E-state index in [0.717, 1.165) is 38.8 Å². The summed E-state index contributed by atoms with van der Waals surface area (Å²) in [6.45, 7) is 5.71. The Labute approximate surface area is 132 Å². The van der Waals surface area contributed by atoms with Crippen molar-refractivity contribution in [1.82, 2.24) is 0 Å². The average molecular weight is 308 g/mol. The lowest BCUT2D eigenvalue weighted by atomic mass is 9.45. The first-order valence-corrected chi connectivity index (χ1v) is 9.13. The van der Waals surface area contributed by atoms with E-state index >= 15 is 0 Å². The highest BCUT2D eigenvalue weighted by molar-refractivity contribution is 5.15. The Kier molecular flexibility index (Phi) is 3.03. The molecule has 0 aromatic heterocycles. The van der Waals surface area contributed by atoms with Gasteiger partial charge in [0.1, 0.15) is 12.2 Å². The van der Waals surface area contributed by atoms with E-state index in [4.69, 9.17) is 18.9 Å². The van der Waals surface area contributed by atoms with E-state index in [1.165, 1.54) is 38.5 Å². The van der Waals surface area contributed by atoms with E-state index in [2.05, 4.69) is 6.92 Å². The summed E-state index contributed by atoms with van der Waals surface area (Å²) in [5, 5.41) is 0. The molecule has 22 heavy (non-hydrogen) atoms. The molecular weight excluding hydrogens is 280 g/mol. The van der Waals surface area contributed by atoms with Gasteiger partial charge in [-0.3, -0.25) is 0 Å². The van der Waals surface area contributed by atoms with Gasteiger partial charge < -0.3 is 18.9 Å². The topological polar surface area (TPSA) is 43.5 Å². The Morgan fingerprint density at radius 3 is 1.86 bits per heavy atom. The molecule has 6 fully saturated rings. The van der Waals surface area contributed by atoms with Crippen LogP contribution in [0.2, 0.25) is 0 Å². The first-order chi connectivity index (χ1) is 10.6. The predicted molar refractivity (Wildman–Crippen MR) is 80.8 cm³/mol. The van der Waals surface area contributed by atoms with E-state index in [1.54, 1.807) is 0 Å². The molecule has 4 bridgehead atoms. The van der Waals surface area contributed by atoms with Crippen molar-refractivity contribution in [3.8, 4) is 0 Å². The molecule has 0 N–H and O–H groups in total. The van der Waals surface area contributed by atoms with Crippen LogP contribution in [-0.4, -0.2) is 49.8 Å². The van der Waals surface area contributed by atoms with Crippen LogP contribution in [0.4, 0.5) is 0 Å². The molecule has 6 rings (SSSR count). The molecule has 0 aromatic rings. The zero-order valence-electron chi connectivity index (χ0n) is 13.6. The van der Waals surface area contributed by atoms with Crippen LogP contribution < -0.4 is 0 Å². The van der Waals surface area contributed by atoms with Gasteiger partial charge in [-0.1, -0.05) is 13.3 Å². The standard InChI is InChI=1S/C18H28O4/c1-2-16-3-13-4-17(10-16,21-8-14-6-19-14)12-18(5-13,11-16)22-9-15-7-20-15/h13-15H,2-12H2,1H3. The fourth-order valence-electron chi connectivity index (χ4n) is 6.04. The van der Waals surface area contributed by atoms with Crippen molar-refractivity contribution < 1.29 is 18.9 Å². The molecule has 4 heteroatoms. The largest absolute Gasteiger partial charge is 0.372 e. The summed E-state index contributed by atoms with van der Waals surface area (Å²) >= 11 is 0. The van der Waals surface area contributed by atoms with Crippen LogP contribution in [0.1, 0.15) is 51.9 Å². The van der Waals surface area contributed by atoms with Gasteiger partial charge in [-0.05, 0) is 43.4 Å². The predicted octanol–water partition coefficient (Wildman–Crippen LogP) is 2.69. The smallest absolute Gasteiger partial charge is 0.104 e. The Morgan fingerprint density at radius 2 is 1.41 bits per heavy atom. The maximum atomic E-state index is 6.50. The zero-order chi connectivity index (χ0) is 14.8. The summed E-state index contributed by atoms with van der Waals surface area (Å²) in [5.41, 5.74) is 0.575. The molecule has 0 spiro atoms. The van der Waals surface area contributed by atoms with Crippen molar-refractivity contribution in [2.24, 2.45) is 11.3 Å². The maximum Gasteiger partial charge on any atom is 0.104 e. The van der Waals surface area contributed by atoms with Crippen LogP contribution in [0.5, 0.6) is 0 Å². The van der Waals surface area contributed by atoms with E-state index in [-0.39, 0.29) is 11.2 Å². The second-order valence-electron chi connectivity index (χ2n) is 8.76. The molecule has 0 aromatic carbocycles. The van der Waals surface area contributed by atoms with Gasteiger partial charge in [-0.25, -0.2) is 0 Å². The summed E-state index contributed by atoms with van der Waals surface area (Å²) in [5.74, 6) is 0.788. The highest BCUT2D eigenvalue weighted by Gasteiger charge is 2.64. The molecule has 4 aliphatic carbocycles. The lowest BCUT2D eigenvalue weighted by Crippen LogP contribution is -2.65. The van der Waals surface area contributed by atoms with Crippen molar-refractivity contribution in [2.45, 2.75) is 75.3 Å². The van der Waals surface area contributed by atoms with Gasteiger partial charge in [-0.15, -0.1) is 0 Å². The van der Waals surface area contributed by atoms with Crippen molar-refractivity contribution in [3.05, 3.63) is 0 Å². The highest BCUT2D eigenvalue weighted by Crippen LogP contribution is 2.66. The van der Waals surface area contributed by atoms with E-state index < -0.39 is 0 Å². The monoisotopic (exact) mass is 308 g/mol. The summed E-state index contributed by atoms with van der Waals surface area (Å²) in [4.78, 5) is 0. The quantitative estimate of drug-likeness (QED) is 0.678.